The summed E-state index contributed by atoms with van der Waals surface area (Å²) in [4.78, 5) is 44.6. The molecule has 1 aliphatic carbocycles. The van der Waals surface area contributed by atoms with Crippen LogP contribution in [0.15, 0.2) is 78.9 Å². The number of benzene rings is 3. The van der Waals surface area contributed by atoms with Crippen LogP contribution < -0.4 is 20.3 Å². The van der Waals surface area contributed by atoms with Gasteiger partial charge in [-0.25, -0.2) is 9.59 Å². The first-order valence-electron chi connectivity index (χ1n) is 16.4. The van der Waals surface area contributed by atoms with E-state index >= 15 is 0 Å². The lowest BCUT2D eigenvalue weighted by molar-refractivity contribution is -0.136. The molecule has 242 valence electrons. The Morgan fingerprint density at radius 3 is 2.17 bits per heavy atom. The van der Waals surface area contributed by atoms with Gasteiger partial charge in [0.1, 0.15) is 18.4 Å². The van der Waals surface area contributed by atoms with Crippen molar-refractivity contribution in [2.24, 2.45) is 0 Å². The molecule has 46 heavy (non-hydrogen) atoms. The Morgan fingerprint density at radius 1 is 0.804 bits per heavy atom. The predicted molar refractivity (Wildman–Crippen MR) is 178 cm³/mol. The molecule has 1 saturated carbocycles. The minimum atomic E-state index is -0.498. The summed E-state index contributed by atoms with van der Waals surface area (Å²) in [6.45, 7) is 2.22. The molecule has 2 heterocycles. The van der Waals surface area contributed by atoms with E-state index in [1.165, 1.54) is 12.8 Å². The van der Waals surface area contributed by atoms with Gasteiger partial charge in [0, 0.05) is 43.7 Å². The van der Waals surface area contributed by atoms with Crippen molar-refractivity contribution < 1.29 is 23.9 Å². The van der Waals surface area contributed by atoms with Crippen molar-refractivity contribution in [3.8, 4) is 5.75 Å². The number of likely N-dealkylation sites (tertiary alicyclic amines) is 1. The molecule has 4 amide bonds. The zero-order valence-corrected chi connectivity index (χ0v) is 26.4. The predicted octanol–water partition coefficient (Wildman–Crippen LogP) is 6.49. The Balaban J connectivity index is 0.961. The number of hydrogen-bond acceptors (Lipinski definition) is 6. The molecule has 2 aliphatic heterocycles. The average molecular weight is 626 g/mol. The zero-order chi connectivity index (χ0) is 31.9. The maximum Gasteiger partial charge on any atom is 0.410 e. The van der Waals surface area contributed by atoms with Crippen LogP contribution in [0.25, 0.3) is 0 Å². The molecule has 2 N–H and O–H groups in total. The van der Waals surface area contributed by atoms with Gasteiger partial charge in [0.15, 0.2) is 0 Å². The Hall–Kier alpha value is -4.73. The highest BCUT2D eigenvalue weighted by molar-refractivity contribution is 5.99. The Morgan fingerprint density at radius 2 is 1.48 bits per heavy atom. The summed E-state index contributed by atoms with van der Waals surface area (Å²) < 4.78 is 11.5. The van der Waals surface area contributed by atoms with E-state index in [1.54, 1.807) is 9.80 Å². The Labute approximate surface area is 270 Å². The third kappa shape index (κ3) is 7.73. The quantitative estimate of drug-likeness (QED) is 0.282. The van der Waals surface area contributed by atoms with Gasteiger partial charge in [-0.15, -0.1) is 0 Å². The second-order valence-corrected chi connectivity index (χ2v) is 12.4. The van der Waals surface area contributed by atoms with E-state index in [1.807, 2.05) is 85.9 Å². The molecular weight excluding hydrogens is 582 g/mol. The van der Waals surface area contributed by atoms with Crippen molar-refractivity contribution in [2.45, 2.75) is 69.7 Å². The maximum absolute atomic E-state index is 13.5. The van der Waals surface area contributed by atoms with Crippen LogP contribution in [0, 0.1) is 0 Å². The molecule has 3 aliphatic rings. The summed E-state index contributed by atoms with van der Waals surface area (Å²) in [5.74, 6) is 0.787. The monoisotopic (exact) mass is 625 g/mol. The van der Waals surface area contributed by atoms with Crippen LogP contribution in [0.2, 0.25) is 0 Å². The minimum Gasteiger partial charge on any atom is -0.490 e. The number of carbonyl (C=O) groups excluding carboxylic acids is 3. The molecular formula is C36H43N5O5. The van der Waals surface area contributed by atoms with Crippen LogP contribution in [0.3, 0.4) is 0 Å². The highest BCUT2D eigenvalue weighted by Gasteiger charge is 2.39. The third-order valence-corrected chi connectivity index (χ3v) is 9.24. The van der Waals surface area contributed by atoms with Crippen LogP contribution in [-0.2, 0) is 16.1 Å². The first-order valence-corrected chi connectivity index (χ1v) is 16.4. The minimum absolute atomic E-state index is 0.0359. The molecule has 3 aromatic carbocycles. The number of amides is 4. The molecule has 3 fully saturated rings. The summed E-state index contributed by atoms with van der Waals surface area (Å²) in [7, 11) is 1.84. The van der Waals surface area contributed by atoms with E-state index in [9.17, 15) is 14.4 Å². The normalized spacial score (nSPS) is 19.6. The molecule has 1 unspecified atom stereocenters. The molecule has 0 bridgehead atoms. The third-order valence-electron chi connectivity index (χ3n) is 9.24. The van der Waals surface area contributed by atoms with Crippen LogP contribution in [-0.4, -0.2) is 72.7 Å². The molecule has 0 radical (unpaired) electrons. The number of nitrogens with one attached hydrogen (secondary N) is 2. The van der Waals surface area contributed by atoms with Crippen molar-refractivity contribution in [1.29, 1.82) is 0 Å². The number of nitrogens with zero attached hydrogens (tertiary/aromatic N) is 3. The highest BCUT2D eigenvalue weighted by atomic mass is 16.6. The van der Waals surface area contributed by atoms with E-state index in [0.717, 1.165) is 49.2 Å². The largest absolute Gasteiger partial charge is 0.490 e. The van der Waals surface area contributed by atoms with Crippen molar-refractivity contribution in [2.75, 3.05) is 42.2 Å². The second kappa shape index (κ2) is 14.6. The van der Waals surface area contributed by atoms with Gasteiger partial charge < -0.3 is 29.9 Å². The molecule has 10 heteroatoms. The van der Waals surface area contributed by atoms with Crippen molar-refractivity contribution >= 4 is 35.1 Å². The maximum atomic E-state index is 13.5. The lowest BCUT2D eigenvalue weighted by Gasteiger charge is -2.31. The van der Waals surface area contributed by atoms with E-state index in [0.29, 0.717) is 37.0 Å². The van der Waals surface area contributed by atoms with Gasteiger partial charge >= 0.3 is 12.1 Å². The van der Waals surface area contributed by atoms with Crippen molar-refractivity contribution in [3.05, 3.63) is 84.4 Å². The number of ether oxygens (including phenoxy) is 2. The smallest absolute Gasteiger partial charge is 0.410 e. The summed E-state index contributed by atoms with van der Waals surface area (Å²) in [6, 6.07) is 24.0. The van der Waals surface area contributed by atoms with Gasteiger partial charge in [0.25, 0.3) is 0 Å². The van der Waals surface area contributed by atoms with Gasteiger partial charge in [0.05, 0.1) is 12.1 Å². The van der Waals surface area contributed by atoms with E-state index in [4.69, 9.17) is 9.47 Å². The fourth-order valence-electron chi connectivity index (χ4n) is 6.62. The first kappa shape index (κ1) is 31.3. The Kier molecular flexibility index (Phi) is 9.91. The van der Waals surface area contributed by atoms with Crippen LogP contribution in [0.4, 0.5) is 26.7 Å². The average Bonchev–Trinajstić information content (AvgIpc) is 3.88. The number of anilines is 3. The number of likely N-dealkylation sites (N-methyl/N-ethyl adjacent to an activating group) is 1. The summed E-state index contributed by atoms with van der Waals surface area (Å²) in [5.41, 5.74) is 3.32. The molecule has 0 aromatic heterocycles. The van der Waals surface area contributed by atoms with Gasteiger partial charge in [-0.3, -0.25) is 9.69 Å². The van der Waals surface area contributed by atoms with Gasteiger partial charge in [-0.1, -0.05) is 30.3 Å². The molecule has 0 spiro atoms. The zero-order valence-electron chi connectivity index (χ0n) is 26.4. The SMILES string of the molecule is CN(C(=O)[C@H]1CCCN1C(=O)OCc1ccccc1)C1CCN(c2ccc(NC(=O)Nc3ccc(OC4CCCC4)cc3)cc2)C1. The topological polar surface area (TPSA) is 103 Å². The summed E-state index contributed by atoms with van der Waals surface area (Å²) in [5, 5.41) is 5.76. The lowest BCUT2D eigenvalue weighted by Crippen LogP contribution is -2.50. The van der Waals surface area contributed by atoms with E-state index in [-0.39, 0.29) is 24.6 Å². The molecule has 2 saturated heterocycles. The van der Waals surface area contributed by atoms with Crippen LogP contribution >= 0.6 is 0 Å². The second-order valence-electron chi connectivity index (χ2n) is 12.4. The highest BCUT2D eigenvalue weighted by Crippen LogP contribution is 2.28. The fourth-order valence-corrected chi connectivity index (χ4v) is 6.62. The summed E-state index contributed by atoms with van der Waals surface area (Å²) >= 11 is 0. The number of rotatable bonds is 9. The number of carbonyl (C=O) groups is 3. The molecule has 3 aromatic rings. The standard InChI is InChI=1S/C36H43N5O5/c1-39(34(42)33-12-7-22-41(33)36(44)45-25-26-8-3-2-4-9-26)30-21-23-40(24-30)29-17-13-27(14-18-29)37-35(43)38-28-15-19-32(20-16-28)46-31-10-5-6-11-31/h2-4,8-9,13-20,30-31,33H,5-7,10-12,21-25H2,1H3,(H2,37,38,43)/t30?,33-/m1/s1. The molecule has 6 rings (SSSR count). The van der Waals surface area contributed by atoms with Crippen molar-refractivity contribution in [1.82, 2.24) is 9.80 Å². The van der Waals surface area contributed by atoms with Crippen LogP contribution in [0.1, 0.15) is 50.5 Å². The number of hydrogen-bond donors (Lipinski definition) is 2. The lowest BCUT2D eigenvalue weighted by atomic mass is 10.1. The van der Waals surface area contributed by atoms with E-state index in [2.05, 4.69) is 15.5 Å². The van der Waals surface area contributed by atoms with Crippen LogP contribution in [0.5, 0.6) is 5.75 Å². The van der Waals surface area contributed by atoms with Gasteiger partial charge in [0.2, 0.25) is 5.91 Å². The van der Waals surface area contributed by atoms with Gasteiger partial charge in [-0.05, 0) is 99.0 Å². The van der Waals surface area contributed by atoms with E-state index < -0.39 is 12.1 Å². The molecule has 2 atom stereocenters. The summed E-state index contributed by atoms with van der Waals surface area (Å²) in [6.07, 6.45) is 6.76. The fraction of sp³-hybridized carbons (Fsp3) is 0.417. The molecule has 10 nitrogen and oxygen atoms in total. The Bertz CT molecular complexity index is 1480. The van der Waals surface area contributed by atoms with Gasteiger partial charge in [-0.2, -0.15) is 0 Å². The van der Waals surface area contributed by atoms with Crippen molar-refractivity contribution in [3.63, 3.8) is 0 Å². The number of urea groups is 1. The first-order chi connectivity index (χ1) is 22.4.